The van der Waals surface area contributed by atoms with Crippen LogP contribution in [0.4, 0.5) is 20.2 Å². The van der Waals surface area contributed by atoms with E-state index in [0.717, 1.165) is 18.4 Å². The topological polar surface area (TPSA) is 96.6 Å². The smallest absolute Gasteiger partial charge is 0.274 e. The molecule has 204 valence electrons. The van der Waals surface area contributed by atoms with E-state index >= 15 is 4.39 Å². The van der Waals surface area contributed by atoms with E-state index in [9.17, 15) is 23.9 Å². The molecule has 2 atom stereocenters. The lowest BCUT2D eigenvalue weighted by atomic mass is 9.90. The first-order valence-corrected chi connectivity index (χ1v) is 13.1. The number of alkyl halides is 1. The zero-order chi connectivity index (χ0) is 27.8. The summed E-state index contributed by atoms with van der Waals surface area (Å²) in [6.45, 7) is 4.79. The summed E-state index contributed by atoms with van der Waals surface area (Å²) in [5, 5.41) is 12.9. The lowest BCUT2D eigenvalue weighted by Crippen LogP contribution is -2.41. The molecule has 2 aliphatic carbocycles. The molecule has 1 aromatic carbocycles. The molecule has 3 aromatic rings. The van der Waals surface area contributed by atoms with Gasteiger partial charge in [0.15, 0.2) is 0 Å². The Morgan fingerprint density at radius 3 is 2.59 bits per heavy atom. The van der Waals surface area contributed by atoms with Crippen molar-refractivity contribution < 1.29 is 23.5 Å². The van der Waals surface area contributed by atoms with E-state index in [2.05, 4.69) is 23.7 Å². The number of pyridine rings is 1. The minimum Gasteiger partial charge on any atom is -0.392 e. The van der Waals surface area contributed by atoms with Crippen LogP contribution in [0.1, 0.15) is 47.6 Å². The van der Waals surface area contributed by atoms with Crippen molar-refractivity contribution in [3.8, 4) is 11.1 Å². The van der Waals surface area contributed by atoms with Crippen LogP contribution in [0.2, 0.25) is 0 Å². The van der Waals surface area contributed by atoms with Crippen LogP contribution >= 0.6 is 0 Å². The van der Waals surface area contributed by atoms with Gasteiger partial charge in [-0.05, 0) is 60.1 Å². The van der Waals surface area contributed by atoms with Gasteiger partial charge in [0.2, 0.25) is 5.91 Å². The third kappa shape index (κ3) is 4.27. The Labute approximate surface area is 223 Å². The number of nitrogens with one attached hydrogen (secondary N) is 1. The monoisotopic (exact) mass is 536 g/mol. The number of fused-ring (bicyclic) bond motifs is 3. The first kappa shape index (κ1) is 25.5. The molecule has 0 bridgehead atoms. The number of aromatic nitrogens is 2. The summed E-state index contributed by atoms with van der Waals surface area (Å²) in [7, 11) is 1.48. The molecular formula is C29H30F2N4O4. The predicted molar refractivity (Wildman–Crippen MR) is 142 cm³/mol. The number of carbonyl (C=O) groups excluding carboxylic acids is 2. The van der Waals surface area contributed by atoms with Gasteiger partial charge in [0, 0.05) is 43.2 Å². The molecule has 1 saturated carbocycles. The van der Waals surface area contributed by atoms with E-state index in [1.54, 1.807) is 0 Å². The summed E-state index contributed by atoms with van der Waals surface area (Å²) in [5.41, 5.74) is 3.68. The average molecular weight is 537 g/mol. The van der Waals surface area contributed by atoms with E-state index < -0.39 is 36.0 Å². The molecule has 2 amide bonds. The number of hydrogen-bond donors (Lipinski definition) is 2. The summed E-state index contributed by atoms with van der Waals surface area (Å²) in [6, 6.07) is 5.79. The number of carbonyl (C=O) groups is 2. The molecule has 0 spiro atoms. The first-order chi connectivity index (χ1) is 18.5. The van der Waals surface area contributed by atoms with Gasteiger partial charge in [-0.2, -0.15) is 0 Å². The van der Waals surface area contributed by atoms with Crippen molar-refractivity contribution in [2.45, 2.75) is 52.4 Å². The van der Waals surface area contributed by atoms with Crippen LogP contribution < -0.4 is 15.8 Å². The molecule has 3 aliphatic rings. The van der Waals surface area contributed by atoms with E-state index in [-0.39, 0.29) is 34.7 Å². The Hall–Kier alpha value is -3.79. The minimum atomic E-state index is -1.22. The summed E-state index contributed by atoms with van der Waals surface area (Å²) in [6.07, 6.45) is 2.14. The van der Waals surface area contributed by atoms with Gasteiger partial charge in [0.1, 0.15) is 23.4 Å². The van der Waals surface area contributed by atoms with Crippen LogP contribution in [0.5, 0.6) is 0 Å². The van der Waals surface area contributed by atoms with Gasteiger partial charge in [0.05, 0.1) is 18.2 Å². The zero-order valence-electron chi connectivity index (χ0n) is 22.1. The average Bonchev–Trinajstić information content (AvgIpc) is 3.41. The first-order valence-electron chi connectivity index (χ1n) is 13.1. The highest BCUT2D eigenvalue weighted by Gasteiger charge is 2.44. The second kappa shape index (κ2) is 8.87. The van der Waals surface area contributed by atoms with Crippen LogP contribution in [0, 0.1) is 17.2 Å². The van der Waals surface area contributed by atoms with Crippen molar-refractivity contribution in [2.24, 2.45) is 18.4 Å². The van der Waals surface area contributed by atoms with E-state index in [1.807, 2.05) is 6.07 Å². The van der Waals surface area contributed by atoms with Crippen molar-refractivity contribution in [1.29, 1.82) is 0 Å². The Bertz CT molecular complexity index is 1610. The molecule has 6 rings (SSSR count). The maximum Gasteiger partial charge on any atom is 0.274 e. The molecule has 10 heteroatoms. The van der Waals surface area contributed by atoms with Crippen LogP contribution in [0.25, 0.3) is 11.1 Å². The molecule has 2 unspecified atom stereocenters. The number of benzene rings is 1. The number of hydrogen-bond acceptors (Lipinski definition) is 4. The van der Waals surface area contributed by atoms with Gasteiger partial charge in [-0.15, -0.1) is 0 Å². The van der Waals surface area contributed by atoms with Crippen LogP contribution in [-0.2, 0) is 37.8 Å². The van der Waals surface area contributed by atoms with Crippen LogP contribution in [0.3, 0.4) is 0 Å². The molecule has 3 heterocycles. The summed E-state index contributed by atoms with van der Waals surface area (Å²) in [4.78, 5) is 40.1. The molecule has 0 radical (unpaired) electrons. The molecule has 39 heavy (non-hydrogen) atoms. The normalized spacial score (nSPS) is 21.1. The van der Waals surface area contributed by atoms with Gasteiger partial charge >= 0.3 is 0 Å². The fraction of sp³-hybridized carbons (Fsp3) is 0.414. The predicted octanol–water partition coefficient (Wildman–Crippen LogP) is 3.57. The van der Waals surface area contributed by atoms with Crippen LogP contribution in [0.15, 0.2) is 35.3 Å². The van der Waals surface area contributed by atoms with E-state index in [4.69, 9.17) is 0 Å². The third-order valence-electron chi connectivity index (χ3n) is 8.07. The highest BCUT2D eigenvalue weighted by atomic mass is 19.1. The van der Waals surface area contributed by atoms with Gasteiger partial charge in [-0.25, -0.2) is 8.78 Å². The van der Waals surface area contributed by atoms with Gasteiger partial charge < -0.3 is 24.5 Å². The van der Waals surface area contributed by atoms with Crippen molar-refractivity contribution in [3.63, 3.8) is 0 Å². The zero-order valence-corrected chi connectivity index (χ0v) is 22.1. The minimum absolute atomic E-state index is 0.0712. The van der Waals surface area contributed by atoms with Gasteiger partial charge in [-0.3, -0.25) is 14.4 Å². The van der Waals surface area contributed by atoms with E-state index in [0.29, 0.717) is 29.9 Å². The molecule has 2 aromatic heterocycles. The fourth-order valence-electron chi connectivity index (χ4n) is 6.04. The highest BCUT2D eigenvalue weighted by Crippen LogP contribution is 2.41. The standard InChI is InChI=1S/C29H30F2N4O4/c1-29(2)11-15-7-24-28(39)35(5-4-34(24)25(15)12-29)23-9-17(30)8-18(20(23)14-36)16-6-22(27(38)33(3)13-16)32-26(37)19-10-21(19)31/h6-9,13,19,21,36H,4-5,10-12,14H2,1-3H3,(H,32,37). The summed E-state index contributed by atoms with van der Waals surface area (Å²) < 4.78 is 31.7. The van der Waals surface area contributed by atoms with Gasteiger partial charge in [0.25, 0.3) is 11.5 Å². The van der Waals surface area contributed by atoms with Gasteiger partial charge in [-0.1, -0.05) is 13.8 Å². The number of anilines is 2. The lowest BCUT2D eigenvalue weighted by molar-refractivity contribution is -0.117. The van der Waals surface area contributed by atoms with Crippen molar-refractivity contribution in [2.75, 3.05) is 16.8 Å². The lowest BCUT2D eigenvalue weighted by Gasteiger charge is -2.32. The SMILES string of the molecule is Cn1cc(-c2cc(F)cc(N3CCn4c(cc5c4CC(C)(C)C5)C3=O)c2CO)cc(NC(=O)C2CC2F)c1=O. The Balaban J connectivity index is 1.39. The van der Waals surface area contributed by atoms with Crippen LogP contribution in [-0.4, -0.2) is 38.8 Å². The quantitative estimate of drug-likeness (QED) is 0.521. The maximum absolute atomic E-state index is 15.1. The number of aliphatic hydroxyl groups is 1. The van der Waals surface area contributed by atoms with E-state index in [1.165, 1.54) is 46.6 Å². The number of rotatable bonds is 5. The summed E-state index contributed by atoms with van der Waals surface area (Å²) in [5.74, 6) is -2.26. The second-order valence-corrected chi connectivity index (χ2v) is 11.6. The summed E-state index contributed by atoms with van der Waals surface area (Å²) >= 11 is 0. The Morgan fingerprint density at radius 2 is 1.90 bits per heavy atom. The molecule has 2 N–H and O–H groups in total. The Morgan fingerprint density at radius 1 is 1.15 bits per heavy atom. The fourth-order valence-corrected chi connectivity index (χ4v) is 6.04. The highest BCUT2D eigenvalue weighted by molar-refractivity contribution is 6.07. The number of halogens is 2. The third-order valence-corrected chi connectivity index (χ3v) is 8.07. The molecule has 0 saturated heterocycles. The molecule has 8 nitrogen and oxygen atoms in total. The van der Waals surface area contributed by atoms with Crippen molar-refractivity contribution in [1.82, 2.24) is 9.13 Å². The molecular weight excluding hydrogens is 506 g/mol. The molecule has 1 fully saturated rings. The van der Waals surface area contributed by atoms with Crippen molar-refractivity contribution >= 4 is 23.2 Å². The number of nitrogens with zero attached hydrogens (tertiary/aromatic N) is 3. The number of aliphatic hydroxyl groups excluding tert-OH is 1. The number of aryl methyl sites for hydroxylation is 1. The number of amides is 2. The second-order valence-electron chi connectivity index (χ2n) is 11.6. The largest absolute Gasteiger partial charge is 0.392 e. The Kier molecular flexibility index (Phi) is 5.80. The van der Waals surface area contributed by atoms with Crippen molar-refractivity contribution in [3.05, 3.63) is 69.1 Å². The maximum atomic E-state index is 15.1. The molecule has 1 aliphatic heterocycles.